The van der Waals surface area contributed by atoms with Crippen molar-refractivity contribution in [2.45, 2.75) is 0 Å². The van der Waals surface area contributed by atoms with E-state index in [2.05, 4.69) is 0 Å². The molecule has 7 aromatic rings. The van der Waals surface area contributed by atoms with E-state index in [1.54, 1.807) is 6.07 Å². The molecule has 2 heterocycles. The number of carbonyl (C=O) groups is 1. The van der Waals surface area contributed by atoms with Crippen molar-refractivity contribution < 1.29 is 109 Å². The van der Waals surface area contributed by atoms with Gasteiger partial charge in [-0.15, -0.1) is 0 Å². The SMILES string of the molecule is COc1cc(-c2[o+]c3cc(O)cc(O)c3cc2O)ccc1O.COc1cc(C(=O)O)ccc1O.Oc1cc(O)c2cc(O)c(-c3cc(O)c(O)c(O)c3)[o+]c2c1.[Cl-].[Cl-]. The lowest BCUT2D eigenvalue weighted by Gasteiger charge is -2.04. The molecule has 0 fully saturated rings. The first kappa shape index (κ1) is 44.8. The second-order valence-electron chi connectivity index (χ2n) is 11.6. The Balaban J connectivity index is 0.000000239. The first-order chi connectivity index (χ1) is 26.5. The molecule has 304 valence electrons. The van der Waals surface area contributed by atoms with E-state index in [9.17, 15) is 55.9 Å². The summed E-state index contributed by atoms with van der Waals surface area (Å²) in [4.78, 5) is 10.4. The molecule has 12 N–H and O–H groups in total. The van der Waals surface area contributed by atoms with Crippen molar-refractivity contribution in [1.82, 2.24) is 0 Å². The third-order valence-corrected chi connectivity index (χ3v) is 7.86. The van der Waals surface area contributed by atoms with E-state index in [1.807, 2.05) is 0 Å². The van der Waals surface area contributed by atoms with Crippen LogP contribution < -0.4 is 34.3 Å². The minimum absolute atomic E-state index is 0. The summed E-state index contributed by atoms with van der Waals surface area (Å²) in [6.45, 7) is 0. The Morgan fingerprint density at radius 3 is 1.34 bits per heavy atom. The second kappa shape index (κ2) is 18.3. The predicted octanol–water partition coefficient (Wildman–Crippen LogP) is 0.933. The molecule has 0 atom stereocenters. The van der Waals surface area contributed by atoms with Crippen LogP contribution >= 0.6 is 0 Å². The third-order valence-electron chi connectivity index (χ3n) is 7.86. The van der Waals surface area contributed by atoms with Crippen LogP contribution in [0.5, 0.6) is 74.7 Å². The first-order valence-corrected chi connectivity index (χ1v) is 15.8. The van der Waals surface area contributed by atoms with E-state index < -0.39 is 23.2 Å². The summed E-state index contributed by atoms with van der Waals surface area (Å²) in [6.07, 6.45) is 0. The quantitative estimate of drug-likeness (QED) is 0.0848. The standard InChI is InChI=1S/C16H12O6.C15H10O7.C8H8O4.2ClH/c1-21-15-4-8(2-3-11(15)18)16-13(20)7-10-12(19)5-9(17)6-14(10)22-16;16-7-3-9(17)8-5-12(20)15(22-13(8)4-7)6-1-10(18)14(21)11(19)2-6;1-12-7-4-5(8(10)11)2-3-6(7)9;;/h2-7H,1H3,(H3-,17,18,19,20);1-5H,(H5-,16,17,18,19,20,21);2-4,9H,1H3,(H,10,11);2*1H. The van der Waals surface area contributed by atoms with Crippen molar-refractivity contribution in [3.05, 3.63) is 90.5 Å². The normalized spacial score (nSPS) is 10.2. The number of halogens is 2. The molecule has 0 saturated carbocycles. The van der Waals surface area contributed by atoms with Gasteiger partial charge in [0, 0.05) is 42.5 Å². The van der Waals surface area contributed by atoms with E-state index in [4.69, 9.17) is 28.5 Å². The third kappa shape index (κ3) is 9.59. The molecule has 0 amide bonds. The van der Waals surface area contributed by atoms with Crippen LogP contribution in [0.1, 0.15) is 10.4 Å². The number of phenols is 9. The van der Waals surface area contributed by atoms with Gasteiger partial charge in [0.1, 0.15) is 33.8 Å². The van der Waals surface area contributed by atoms with Crippen molar-refractivity contribution in [2.75, 3.05) is 14.2 Å². The van der Waals surface area contributed by atoms with Gasteiger partial charge < -0.3 is 95.6 Å². The highest BCUT2D eigenvalue weighted by Gasteiger charge is 2.27. The topological polar surface area (TPSA) is 301 Å². The van der Waals surface area contributed by atoms with Gasteiger partial charge in [-0.05, 0) is 30.3 Å². The van der Waals surface area contributed by atoms with Crippen molar-refractivity contribution in [2.24, 2.45) is 0 Å². The monoisotopic (exact) mass is 842 g/mol. The smallest absolute Gasteiger partial charge is 0.402 e. The highest BCUT2D eigenvalue weighted by molar-refractivity contribution is 5.90. The maximum atomic E-state index is 10.4. The van der Waals surface area contributed by atoms with Gasteiger partial charge in [-0.2, -0.15) is 0 Å². The van der Waals surface area contributed by atoms with E-state index in [0.717, 1.165) is 24.3 Å². The highest BCUT2D eigenvalue weighted by Crippen LogP contribution is 2.44. The maximum absolute atomic E-state index is 10.4. The molecular formula is C39H32Cl2O17. The summed E-state index contributed by atoms with van der Waals surface area (Å²) < 4.78 is 20.7. The Morgan fingerprint density at radius 2 is 0.897 bits per heavy atom. The lowest BCUT2D eigenvalue weighted by Crippen LogP contribution is -3.00. The van der Waals surface area contributed by atoms with Gasteiger partial charge in [0.25, 0.3) is 0 Å². The molecule has 19 heteroatoms. The molecule has 0 aliphatic rings. The Morgan fingerprint density at radius 1 is 0.466 bits per heavy atom. The fourth-order valence-electron chi connectivity index (χ4n) is 5.16. The Bertz CT molecular complexity index is 2610. The summed E-state index contributed by atoms with van der Waals surface area (Å²) in [5.41, 5.74) is 0.936. The lowest BCUT2D eigenvalue weighted by atomic mass is 10.1. The summed E-state index contributed by atoms with van der Waals surface area (Å²) in [5.74, 6) is -4.08. The largest absolute Gasteiger partial charge is 1.00 e. The van der Waals surface area contributed by atoms with Crippen LogP contribution in [0.2, 0.25) is 0 Å². The van der Waals surface area contributed by atoms with Crippen LogP contribution in [0.4, 0.5) is 0 Å². The molecule has 0 aliphatic carbocycles. The molecular weight excluding hydrogens is 811 g/mol. The zero-order valence-electron chi connectivity index (χ0n) is 29.7. The Kier molecular flexibility index (Phi) is 14.2. The predicted molar refractivity (Wildman–Crippen MR) is 197 cm³/mol. The summed E-state index contributed by atoms with van der Waals surface area (Å²) in [7, 11) is 2.77. The van der Waals surface area contributed by atoms with Gasteiger partial charge in [-0.25, -0.2) is 13.6 Å². The van der Waals surface area contributed by atoms with E-state index in [1.165, 1.54) is 68.8 Å². The molecule has 0 radical (unpaired) electrons. The zero-order valence-corrected chi connectivity index (χ0v) is 31.3. The van der Waals surface area contributed by atoms with E-state index in [0.29, 0.717) is 5.56 Å². The van der Waals surface area contributed by atoms with Crippen molar-refractivity contribution >= 4 is 27.9 Å². The number of fused-ring (bicyclic) bond motifs is 2. The van der Waals surface area contributed by atoms with Crippen LogP contribution in [-0.2, 0) is 0 Å². The lowest BCUT2D eigenvalue weighted by molar-refractivity contribution is -0.001000. The van der Waals surface area contributed by atoms with Gasteiger partial charge >= 0.3 is 28.7 Å². The minimum Gasteiger partial charge on any atom is -1.00 e. The number of phenolic OH excluding ortho intramolecular Hbond substituents is 9. The van der Waals surface area contributed by atoms with Gasteiger partial charge in [-0.3, -0.25) is 0 Å². The van der Waals surface area contributed by atoms with Gasteiger partial charge in [-0.1, -0.05) is 0 Å². The fraction of sp³-hybridized carbons (Fsp3) is 0.0513. The average molecular weight is 844 g/mol. The molecule has 0 saturated heterocycles. The Hall–Kier alpha value is -7.63. The maximum Gasteiger partial charge on any atom is 0.402 e. The summed E-state index contributed by atoms with van der Waals surface area (Å²) in [6, 6.07) is 17.8. The van der Waals surface area contributed by atoms with E-state index in [-0.39, 0.29) is 127 Å². The molecule has 5 aromatic carbocycles. The summed E-state index contributed by atoms with van der Waals surface area (Å²) in [5, 5.41) is 115. The summed E-state index contributed by atoms with van der Waals surface area (Å²) >= 11 is 0. The number of carboxylic acid groups (broad SMARTS) is 1. The number of aromatic hydroxyl groups is 11. The molecule has 7 rings (SSSR count). The molecule has 2 aromatic heterocycles. The number of carboxylic acids is 1. The number of methoxy groups -OCH3 is 2. The van der Waals surface area contributed by atoms with Crippen molar-refractivity contribution in [1.29, 1.82) is 0 Å². The number of ether oxygens (including phenoxy) is 2. The van der Waals surface area contributed by atoms with Crippen LogP contribution in [-0.4, -0.2) is 81.5 Å². The Labute approximate surface area is 338 Å². The molecule has 0 spiro atoms. The average Bonchev–Trinajstić information content (AvgIpc) is 3.14. The fourth-order valence-corrected chi connectivity index (χ4v) is 5.16. The van der Waals surface area contributed by atoms with Gasteiger partial charge in [0.15, 0.2) is 40.2 Å². The number of rotatable bonds is 5. The second-order valence-corrected chi connectivity index (χ2v) is 11.6. The van der Waals surface area contributed by atoms with Gasteiger partial charge in [0.05, 0.1) is 43.0 Å². The number of aromatic carboxylic acids is 1. The molecule has 17 nitrogen and oxygen atoms in total. The van der Waals surface area contributed by atoms with E-state index >= 15 is 0 Å². The van der Waals surface area contributed by atoms with Crippen LogP contribution in [0, 0.1) is 0 Å². The molecule has 0 aliphatic heterocycles. The van der Waals surface area contributed by atoms with Gasteiger partial charge in [0.2, 0.25) is 11.5 Å². The zero-order chi connectivity index (χ0) is 41.0. The van der Waals surface area contributed by atoms with Crippen molar-refractivity contribution in [3.63, 3.8) is 0 Å². The van der Waals surface area contributed by atoms with Crippen molar-refractivity contribution in [3.8, 4) is 97.4 Å². The number of hydrogen-bond acceptors (Lipinski definition) is 14. The van der Waals surface area contributed by atoms with Crippen LogP contribution in [0.3, 0.4) is 0 Å². The molecule has 0 bridgehead atoms. The number of benzene rings is 5. The highest BCUT2D eigenvalue weighted by atomic mass is 35.5. The first-order valence-electron chi connectivity index (χ1n) is 15.8. The number of hydrogen-bond donors (Lipinski definition) is 12. The van der Waals surface area contributed by atoms with Crippen LogP contribution in [0.15, 0.2) is 93.8 Å². The molecule has 0 unspecified atom stereocenters. The minimum atomic E-state index is -1.05. The molecule has 58 heavy (non-hydrogen) atoms. The van der Waals surface area contributed by atoms with Crippen LogP contribution in [0.25, 0.3) is 44.6 Å².